The van der Waals surface area contributed by atoms with E-state index >= 15 is 0 Å². The Bertz CT molecular complexity index is 1510. The monoisotopic (exact) mass is 503 g/mol. The number of benzene rings is 2. The summed E-state index contributed by atoms with van der Waals surface area (Å²) < 4.78 is 35.3. The van der Waals surface area contributed by atoms with Crippen LogP contribution in [-0.2, 0) is 21.8 Å². The normalized spacial score (nSPS) is 16.0. The van der Waals surface area contributed by atoms with Crippen molar-refractivity contribution >= 4 is 21.7 Å². The van der Waals surface area contributed by atoms with Gasteiger partial charge in [0.2, 0.25) is 5.95 Å². The SMILES string of the molecule is Cn1c(N2CCO[C@@H](c3ccc(NS(=O)(=O)c4ccccc4)cc3)C2)nc(-c2ccncc2)cc1=O. The van der Waals surface area contributed by atoms with E-state index in [-0.39, 0.29) is 16.6 Å². The van der Waals surface area contributed by atoms with Crippen LogP contribution in [0.4, 0.5) is 11.6 Å². The first-order valence-electron chi connectivity index (χ1n) is 11.4. The highest BCUT2D eigenvalue weighted by atomic mass is 32.2. The summed E-state index contributed by atoms with van der Waals surface area (Å²) >= 11 is 0. The van der Waals surface area contributed by atoms with Gasteiger partial charge in [-0.25, -0.2) is 13.4 Å². The third kappa shape index (κ3) is 5.00. The van der Waals surface area contributed by atoms with E-state index < -0.39 is 10.0 Å². The lowest BCUT2D eigenvalue weighted by molar-refractivity contribution is 0.0390. The van der Waals surface area contributed by atoms with Gasteiger partial charge in [0.25, 0.3) is 15.6 Å². The van der Waals surface area contributed by atoms with E-state index in [1.807, 2.05) is 29.2 Å². The molecule has 36 heavy (non-hydrogen) atoms. The lowest BCUT2D eigenvalue weighted by Gasteiger charge is -2.34. The maximum atomic E-state index is 12.7. The van der Waals surface area contributed by atoms with E-state index in [0.717, 1.165) is 11.1 Å². The Kier molecular flexibility index (Phi) is 6.53. The molecule has 0 radical (unpaired) electrons. The molecule has 0 bridgehead atoms. The third-order valence-electron chi connectivity index (χ3n) is 6.02. The minimum atomic E-state index is -3.67. The van der Waals surface area contributed by atoms with Crippen LogP contribution in [0.1, 0.15) is 11.7 Å². The molecule has 10 heteroatoms. The summed E-state index contributed by atoms with van der Waals surface area (Å²) in [6.07, 6.45) is 3.07. The van der Waals surface area contributed by atoms with Gasteiger partial charge in [-0.3, -0.25) is 19.1 Å². The highest BCUT2D eigenvalue weighted by Crippen LogP contribution is 2.27. The fourth-order valence-electron chi connectivity index (χ4n) is 4.09. The van der Waals surface area contributed by atoms with Crippen molar-refractivity contribution in [3.8, 4) is 11.3 Å². The van der Waals surface area contributed by atoms with Crippen molar-refractivity contribution in [1.82, 2.24) is 14.5 Å². The van der Waals surface area contributed by atoms with Crippen molar-refractivity contribution in [2.24, 2.45) is 7.05 Å². The Labute approximate surface area is 209 Å². The summed E-state index contributed by atoms with van der Waals surface area (Å²) in [6.45, 7) is 1.54. The second kappa shape index (κ2) is 9.92. The van der Waals surface area contributed by atoms with Crippen molar-refractivity contribution in [3.63, 3.8) is 0 Å². The van der Waals surface area contributed by atoms with E-state index in [1.54, 1.807) is 61.9 Å². The molecular formula is C26H25N5O4S. The van der Waals surface area contributed by atoms with Crippen molar-refractivity contribution in [2.45, 2.75) is 11.0 Å². The molecule has 1 N–H and O–H groups in total. The Morgan fingerprint density at radius 1 is 1.00 bits per heavy atom. The molecule has 184 valence electrons. The molecule has 1 atom stereocenters. The standard InChI is InChI=1S/C26H25N5O4S/c1-30-25(32)17-23(19-11-13-27-14-12-19)28-26(30)31-15-16-35-24(18-31)20-7-9-21(10-8-20)29-36(33,34)22-5-3-2-4-6-22/h2-14,17,24,29H,15-16,18H2,1H3/t24-/m1/s1. The smallest absolute Gasteiger partial charge is 0.261 e. The minimum Gasteiger partial charge on any atom is -0.370 e. The number of ether oxygens (including phenoxy) is 1. The van der Waals surface area contributed by atoms with Gasteiger partial charge >= 0.3 is 0 Å². The first-order valence-corrected chi connectivity index (χ1v) is 12.9. The van der Waals surface area contributed by atoms with E-state index in [2.05, 4.69) is 9.71 Å². The molecule has 0 aliphatic carbocycles. The van der Waals surface area contributed by atoms with E-state index in [1.165, 1.54) is 10.6 Å². The Balaban J connectivity index is 1.35. The highest BCUT2D eigenvalue weighted by molar-refractivity contribution is 7.92. The number of sulfonamides is 1. The number of hydrogen-bond donors (Lipinski definition) is 1. The summed E-state index contributed by atoms with van der Waals surface area (Å²) in [6, 6.07) is 20.5. The molecule has 0 amide bonds. The van der Waals surface area contributed by atoms with Crippen LogP contribution >= 0.6 is 0 Å². The number of hydrogen-bond acceptors (Lipinski definition) is 7. The second-order valence-electron chi connectivity index (χ2n) is 8.42. The van der Waals surface area contributed by atoms with Crippen LogP contribution in [0.2, 0.25) is 0 Å². The molecule has 1 aliphatic rings. The summed E-state index contributed by atoms with van der Waals surface area (Å²) in [5.74, 6) is 0.565. The fraction of sp³-hybridized carbons (Fsp3) is 0.192. The van der Waals surface area contributed by atoms with Crippen LogP contribution < -0.4 is 15.2 Å². The lowest BCUT2D eigenvalue weighted by atomic mass is 10.1. The first kappa shape index (κ1) is 23.7. The first-order chi connectivity index (χ1) is 17.4. The van der Waals surface area contributed by atoms with Crippen molar-refractivity contribution in [3.05, 3.63) is 101 Å². The molecule has 1 saturated heterocycles. The predicted molar refractivity (Wildman–Crippen MR) is 137 cm³/mol. The molecule has 2 aromatic carbocycles. The van der Waals surface area contributed by atoms with Gasteiger partial charge in [-0.2, -0.15) is 0 Å². The summed E-state index contributed by atoms with van der Waals surface area (Å²) in [5, 5.41) is 0. The average Bonchev–Trinajstić information content (AvgIpc) is 2.91. The number of morpholine rings is 1. The molecule has 9 nitrogen and oxygen atoms in total. The molecule has 1 aliphatic heterocycles. The number of pyridine rings is 1. The average molecular weight is 504 g/mol. The number of rotatable bonds is 6. The highest BCUT2D eigenvalue weighted by Gasteiger charge is 2.25. The molecule has 4 aromatic rings. The topological polar surface area (TPSA) is 106 Å². The number of aromatic nitrogens is 3. The molecule has 2 aromatic heterocycles. The van der Waals surface area contributed by atoms with Gasteiger partial charge in [-0.15, -0.1) is 0 Å². The quantitative estimate of drug-likeness (QED) is 0.431. The van der Waals surface area contributed by atoms with Crippen molar-refractivity contribution in [2.75, 3.05) is 29.3 Å². The van der Waals surface area contributed by atoms with E-state index in [9.17, 15) is 13.2 Å². The van der Waals surface area contributed by atoms with Crippen LogP contribution in [0.15, 0.2) is 94.9 Å². The predicted octanol–water partition coefficient (Wildman–Crippen LogP) is 3.22. The van der Waals surface area contributed by atoms with Gasteiger partial charge in [0.1, 0.15) is 6.10 Å². The minimum absolute atomic E-state index is 0.148. The van der Waals surface area contributed by atoms with Crippen LogP contribution in [-0.4, -0.2) is 42.6 Å². The molecule has 5 rings (SSSR count). The summed E-state index contributed by atoms with van der Waals surface area (Å²) in [5.41, 5.74) is 2.63. The number of nitrogens with one attached hydrogen (secondary N) is 1. The maximum absolute atomic E-state index is 12.7. The van der Waals surface area contributed by atoms with Gasteiger partial charge in [-0.05, 0) is 42.0 Å². The van der Waals surface area contributed by atoms with Gasteiger partial charge in [0.15, 0.2) is 0 Å². The van der Waals surface area contributed by atoms with Gasteiger partial charge < -0.3 is 9.64 Å². The second-order valence-corrected chi connectivity index (χ2v) is 10.1. The molecule has 0 unspecified atom stereocenters. The van der Waals surface area contributed by atoms with Crippen LogP contribution in [0.25, 0.3) is 11.3 Å². The van der Waals surface area contributed by atoms with Crippen LogP contribution in [0, 0.1) is 0 Å². The van der Waals surface area contributed by atoms with Crippen LogP contribution in [0.5, 0.6) is 0 Å². The Morgan fingerprint density at radius 3 is 2.44 bits per heavy atom. The maximum Gasteiger partial charge on any atom is 0.261 e. The van der Waals surface area contributed by atoms with Gasteiger partial charge in [-0.1, -0.05) is 30.3 Å². The molecule has 0 spiro atoms. The number of anilines is 2. The summed E-state index contributed by atoms with van der Waals surface area (Å²) in [7, 11) is -1.96. The summed E-state index contributed by atoms with van der Waals surface area (Å²) in [4.78, 5) is 23.7. The van der Waals surface area contributed by atoms with Crippen molar-refractivity contribution < 1.29 is 13.2 Å². The molecule has 0 saturated carbocycles. The van der Waals surface area contributed by atoms with E-state index in [0.29, 0.717) is 37.0 Å². The van der Waals surface area contributed by atoms with Crippen LogP contribution in [0.3, 0.4) is 0 Å². The molecule has 3 heterocycles. The fourth-order valence-corrected chi connectivity index (χ4v) is 5.17. The van der Waals surface area contributed by atoms with Gasteiger partial charge in [0, 0.05) is 43.3 Å². The van der Waals surface area contributed by atoms with Crippen molar-refractivity contribution in [1.29, 1.82) is 0 Å². The molecule has 1 fully saturated rings. The zero-order chi connectivity index (χ0) is 25.1. The Morgan fingerprint density at radius 2 is 1.72 bits per heavy atom. The lowest BCUT2D eigenvalue weighted by Crippen LogP contribution is -2.41. The number of nitrogens with zero attached hydrogens (tertiary/aromatic N) is 4. The largest absolute Gasteiger partial charge is 0.370 e. The Hall–Kier alpha value is -4.02. The molecular weight excluding hydrogens is 478 g/mol. The zero-order valence-electron chi connectivity index (χ0n) is 19.6. The third-order valence-corrected chi connectivity index (χ3v) is 7.42. The van der Waals surface area contributed by atoms with E-state index in [4.69, 9.17) is 9.72 Å². The zero-order valence-corrected chi connectivity index (χ0v) is 20.4. The van der Waals surface area contributed by atoms with Gasteiger partial charge in [0.05, 0.1) is 23.7 Å².